The van der Waals surface area contributed by atoms with Crippen molar-refractivity contribution in [3.05, 3.63) is 95.1 Å². The van der Waals surface area contributed by atoms with Gasteiger partial charge in [0.15, 0.2) is 0 Å². The van der Waals surface area contributed by atoms with E-state index in [4.69, 9.17) is 4.74 Å². The maximum Gasteiger partial charge on any atom is 0.251 e. The van der Waals surface area contributed by atoms with E-state index in [9.17, 15) is 4.79 Å². The summed E-state index contributed by atoms with van der Waals surface area (Å²) in [5.41, 5.74) is 5.67. The summed E-state index contributed by atoms with van der Waals surface area (Å²) in [6.07, 6.45) is 2.46. The van der Waals surface area contributed by atoms with Crippen LogP contribution in [-0.2, 0) is 19.5 Å². The van der Waals surface area contributed by atoms with Crippen molar-refractivity contribution in [1.82, 2.24) is 5.32 Å². The van der Waals surface area contributed by atoms with Gasteiger partial charge < -0.3 is 15.0 Å². The van der Waals surface area contributed by atoms with Crippen LogP contribution in [0.1, 0.15) is 47.3 Å². The van der Waals surface area contributed by atoms with Crippen LogP contribution in [0.4, 0.5) is 5.69 Å². The predicted molar refractivity (Wildman–Crippen MR) is 126 cm³/mol. The fourth-order valence-corrected chi connectivity index (χ4v) is 4.04. The first-order valence-corrected chi connectivity index (χ1v) is 11.0. The lowest BCUT2D eigenvalue weighted by Gasteiger charge is -2.31. The zero-order chi connectivity index (χ0) is 21.6. The molecular formula is C27H30N2O2. The number of hydrogen-bond donors (Lipinski definition) is 1. The fourth-order valence-electron chi connectivity index (χ4n) is 4.04. The SMILES string of the molecule is CC(C)Oc1cccc(CNC(=O)c2ccc(CN3CCCc4ccccc43)cc2)c1. The van der Waals surface area contributed by atoms with E-state index in [-0.39, 0.29) is 12.0 Å². The van der Waals surface area contributed by atoms with Crippen molar-refractivity contribution in [2.75, 3.05) is 11.4 Å². The van der Waals surface area contributed by atoms with E-state index in [0.29, 0.717) is 12.1 Å². The molecule has 0 bridgehead atoms. The average molecular weight is 415 g/mol. The molecule has 0 saturated carbocycles. The van der Waals surface area contributed by atoms with Gasteiger partial charge in [-0.05, 0) is 73.7 Å². The lowest BCUT2D eigenvalue weighted by Crippen LogP contribution is -2.28. The van der Waals surface area contributed by atoms with Crippen LogP contribution in [0, 0.1) is 0 Å². The van der Waals surface area contributed by atoms with Gasteiger partial charge in [0.2, 0.25) is 0 Å². The number of fused-ring (bicyclic) bond motifs is 1. The smallest absolute Gasteiger partial charge is 0.251 e. The van der Waals surface area contributed by atoms with Crippen LogP contribution in [0.25, 0.3) is 0 Å². The van der Waals surface area contributed by atoms with Crippen LogP contribution in [0.3, 0.4) is 0 Å². The molecule has 0 fully saturated rings. The number of carbonyl (C=O) groups is 1. The molecule has 1 aliphatic heterocycles. The van der Waals surface area contributed by atoms with Crippen LogP contribution in [0.2, 0.25) is 0 Å². The average Bonchev–Trinajstić information content (AvgIpc) is 2.78. The van der Waals surface area contributed by atoms with Crippen molar-refractivity contribution < 1.29 is 9.53 Å². The maximum absolute atomic E-state index is 12.6. The fraction of sp³-hybridized carbons (Fsp3) is 0.296. The molecule has 4 nitrogen and oxygen atoms in total. The minimum absolute atomic E-state index is 0.0648. The standard InChI is InChI=1S/C27H30N2O2/c1-20(2)31-25-10-5-7-22(17-25)18-28-27(30)24-14-12-21(13-15-24)19-29-16-6-9-23-8-3-4-11-26(23)29/h3-5,7-8,10-15,17,20H,6,9,16,18-19H2,1-2H3,(H,28,30). The summed E-state index contributed by atoms with van der Waals surface area (Å²) in [5.74, 6) is 0.760. The summed E-state index contributed by atoms with van der Waals surface area (Å²) in [5, 5.41) is 3.00. The monoisotopic (exact) mass is 414 g/mol. The summed E-state index contributed by atoms with van der Waals surface area (Å²) >= 11 is 0. The van der Waals surface area contributed by atoms with Gasteiger partial charge in [0.1, 0.15) is 5.75 Å². The Morgan fingerprint density at radius 3 is 2.61 bits per heavy atom. The van der Waals surface area contributed by atoms with Crippen LogP contribution < -0.4 is 15.0 Å². The van der Waals surface area contributed by atoms with E-state index in [0.717, 1.165) is 30.8 Å². The summed E-state index contributed by atoms with van der Waals surface area (Å²) in [4.78, 5) is 15.0. The van der Waals surface area contributed by atoms with Gasteiger partial charge in [-0.1, -0.05) is 42.5 Å². The van der Waals surface area contributed by atoms with Gasteiger partial charge >= 0.3 is 0 Å². The first-order chi connectivity index (χ1) is 15.1. The minimum Gasteiger partial charge on any atom is -0.491 e. The lowest BCUT2D eigenvalue weighted by atomic mass is 10.0. The Labute approximate surface area is 184 Å². The molecule has 1 aliphatic rings. The van der Waals surface area contributed by atoms with E-state index in [2.05, 4.69) is 46.6 Å². The molecule has 1 amide bonds. The third-order valence-corrected chi connectivity index (χ3v) is 5.52. The molecule has 0 spiro atoms. The Hall–Kier alpha value is -3.27. The highest BCUT2D eigenvalue weighted by Crippen LogP contribution is 2.28. The Kier molecular flexibility index (Phi) is 6.56. The number of aryl methyl sites for hydroxylation is 1. The normalized spacial score (nSPS) is 13.1. The highest BCUT2D eigenvalue weighted by Gasteiger charge is 2.16. The van der Waals surface area contributed by atoms with E-state index in [1.54, 1.807) is 0 Å². The van der Waals surface area contributed by atoms with Gasteiger partial charge in [-0.25, -0.2) is 0 Å². The third-order valence-electron chi connectivity index (χ3n) is 5.52. The van der Waals surface area contributed by atoms with Crippen molar-refractivity contribution in [2.45, 2.75) is 45.9 Å². The Morgan fingerprint density at radius 1 is 1.00 bits per heavy atom. The Bertz CT molecular complexity index is 1030. The summed E-state index contributed by atoms with van der Waals surface area (Å²) in [7, 11) is 0. The molecule has 31 heavy (non-hydrogen) atoms. The van der Waals surface area contributed by atoms with E-state index < -0.39 is 0 Å². The van der Waals surface area contributed by atoms with Gasteiger partial charge in [0.05, 0.1) is 6.10 Å². The van der Waals surface area contributed by atoms with Crippen molar-refractivity contribution in [3.63, 3.8) is 0 Å². The number of amides is 1. The first kappa shape index (κ1) is 21.0. The second kappa shape index (κ2) is 9.69. The number of ether oxygens (including phenoxy) is 1. The Balaban J connectivity index is 1.35. The van der Waals surface area contributed by atoms with Crippen LogP contribution in [-0.4, -0.2) is 18.6 Å². The van der Waals surface area contributed by atoms with E-state index in [1.807, 2.05) is 50.2 Å². The predicted octanol–water partition coefficient (Wildman–Crippen LogP) is 5.36. The van der Waals surface area contributed by atoms with Crippen molar-refractivity contribution >= 4 is 11.6 Å². The molecule has 1 N–H and O–H groups in total. The van der Waals surface area contributed by atoms with Crippen molar-refractivity contribution in [1.29, 1.82) is 0 Å². The molecule has 3 aromatic carbocycles. The summed E-state index contributed by atoms with van der Waals surface area (Å²) in [6.45, 7) is 6.41. The van der Waals surface area contributed by atoms with Crippen molar-refractivity contribution in [3.8, 4) is 5.75 Å². The highest BCUT2D eigenvalue weighted by atomic mass is 16.5. The van der Waals surface area contributed by atoms with Crippen LogP contribution in [0.15, 0.2) is 72.8 Å². The lowest BCUT2D eigenvalue weighted by molar-refractivity contribution is 0.0951. The molecule has 0 radical (unpaired) electrons. The molecule has 3 aromatic rings. The Morgan fingerprint density at radius 2 is 1.81 bits per heavy atom. The molecule has 160 valence electrons. The number of nitrogens with zero attached hydrogens (tertiary/aromatic N) is 1. The number of anilines is 1. The van der Waals surface area contributed by atoms with Crippen LogP contribution in [0.5, 0.6) is 5.75 Å². The van der Waals surface area contributed by atoms with Gasteiger partial charge in [-0.15, -0.1) is 0 Å². The molecule has 0 unspecified atom stereocenters. The molecule has 4 rings (SSSR count). The largest absolute Gasteiger partial charge is 0.491 e. The summed E-state index contributed by atoms with van der Waals surface area (Å²) in [6, 6.07) is 24.4. The number of para-hydroxylation sites is 1. The second-order valence-electron chi connectivity index (χ2n) is 8.35. The van der Waals surface area contributed by atoms with Crippen LogP contribution >= 0.6 is 0 Å². The molecule has 1 heterocycles. The van der Waals surface area contributed by atoms with E-state index >= 15 is 0 Å². The van der Waals surface area contributed by atoms with Gasteiger partial charge in [-0.3, -0.25) is 4.79 Å². The van der Waals surface area contributed by atoms with Gasteiger partial charge in [-0.2, -0.15) is 0 Å². The molecule has 0 aliphatic carbocycles. The quantitative estimate of drug-likeness (QED) is 0.566. The number of nitrogens with one attached hydrogen (secondary N) is 1. The number of rotatable bonds is 7. The molecular weight excluding hydrogens is 384 g/mol. The third kappa shape index (κ3) is 5.46. The number of benzene rings is 3. The second-order valence-corrected chi connectivity index (χ2v) is 8.35. The molecule has 4 heteroatoms. The highest BCUT2D eigenvalue weighted by molar-refractivity contribution is 5.94. The molecule has 0 aromatic heterocycles. The molecule has 0 atom stereocenters. The zero-order valence-corrected chi connectivity index (χ0v) is 18.3. The van der Waals surface area contributed by atoms with Gasteiger partial charge in [0, 0.05) is 30.9 Å². The summed E-state index contributed by atoms with van der Waals surface area (Å²) < 4.78 is 5.73. The maximum atomic E-state index is 12.6. The van der Waals surface area contributed by atoms with Crippen molar-refractivity contribution in [2.24, 2.45) is 0 Å². The van der Waals surface area contributed by atoms with Gasteiger partial charge in [0.25, 0.3) is 5.91 Å². The first-order valence-electron chi connectivity index (χ1n) is 11.0. The zero-order valence-electron chi connectivity index (χ0n) is 18.3. The number of carbonyl (C=O) groups excluding carboxylic acids is 1. The topological polar surface area (TPSA) is 41.6 Å². The van der Waals surface area contributed by atoms with E-state index in [1.165, 1.54) is 23.2 Å². The minimum atomic E-state index is -0.0648. The number of hydrogen-bond acceptors (Lipinski definition) is 3. The molecule has 0 saturated heterocycles.